The second kappa shape index (κ2) is 11.6. The average Bonchev–Trinajstić information content (AvgIpc) is 2.57. The summed E-state index contributed by atoms with van der Waals surface area (Å²) < 4.78 is 0. The number of halogens is 1. The summed E-state index contributed by atoms with van der Waals surface area (Å²) in [6.45, 7) is 21.5. The standard InChI is InChI=1S/C19H39N5.HI/c1-6-20-19(24-14-16(3)12-17(4)15-24)21-13-18(5)23-10-8-22(7-2)9-11-23;/h16-18H,6-15H2,1-5H3,(H,20,21);1H. The molecule has 0 aromatic heterocycles. The van der Waals surface area contributed by atoms with Crippen LogP contribution in [0.2, 0.25) is 0 Å². The molecule has 0 bridgehead atoms. The first-order valence-electron chi connectivity index (χ1n) is 10.0. The highest BCUT2D eigenvalue weighted by Gasteiger charge is 2.25. The van der Waals surface area contributed by atoms with Gasteiger partial charge in [-0.25, -0.2) is 0 Å². The van der Waals surface area contributed by atoms with Crippen molar-refractivity contribution in [1.29, 1.82) is 0 Å². The number of piperazine rings is 1. The highest BCUT2D eigenvalue weighted by atomic mass is 127. The van der Waals surface area contributed by atoms with Crippen LogP contribution in [0.25, 0.3) is 0 Å². The Labute approximate surface area is 172 Å². The van der Waals surface area contributed by atoms with E-state index < -0.39 is 0 Å². The lowest BCUT2D eigenvalue weighted by Gasteiger charge is -2.38. The number of rotatable bonds is 5. The molecular formula is C19H40IN5. The van der Waals surface area contributed by atoms with Crippen LogP contribution in [0.4, 0.5) is 0 Å². The Kier molecular flexibility index (Phi) is 10.6. The molecule has 5 nitrogen and oxygen atoms in total. The molecule has 0 saturated carbocycles. The van der Waals surface area contributed by atoms with Crippen LogP contribution in [0.3, 0.4) is 0 Å². The van der Waals surface area contributed by atoms with E-state index in [0.717, 1.165) is 44.0 Å². The maximum absolute atomic E-state index is 5.00. The molecule has 2 aliphatic rings. The van der Waals surface area contributed by atoms with Gasteiger partial charge >= 0.3 is 0 Å². The number of nitrogens with zero attached hydrogens (tertiary/aromatic N) is 4. The van der Waals surface area contributed by atoms with E-state index in [2.05, 4.69) is 54.6 Å². The number of hydrogen-bond acceptors (Lipinski definition) is 3. The van der Waals surface area contributed by atoms with Gasteiger partial charge in [0.25, 0.3) is 0 Å². The fraction of sp³-hybridized carbons (Fsp3) is 0.947. The molecule has 0 radical (unpaired) electrons. The summed E-state index contributed by atoms with van der Waals surface area (Å²) in [4.78, 5) is 12.6. The van der Waals surface area contributed by atoms with Crippen molar-refractivity contribution in [3.8, 4) is 0 Å². The third-order valence-electron chi connectivity index (χ3n) is 5.49. The fourth-order valence-electron chi connectivity index (χ4n) is 4.12. The monoisotopic (exact) mass is 465 g/mol. The van der Waals surface area contributed by atoms with E-state index in [-0.39, 0.29) is 24.0 Å². The summed E-state index contributed by atoms with van der Waals surface area (Å²) in [6.07, 6.45) is 1.34. The summed E-state index contributed by atoms with van der Waals surface area (Å²) in [6, 6.07) is 0.525. The highest BCUT2D eigenvalue weighted by Crippen LogP contribution is 2.21. The molecular weight excluding hydrogens is 425 g/mol. The van der Waals surface area contributed by atoms with Crippen molar-refractivity contribution in [3.05, 3.63) is 0 Å². The Morgan fingerprint density at radius 1 is 1.08 bits per heavy atom. The van der Waals surface area contributed by atoms with Crippen LogP contribution in [0.1, 0.15) is 41.0 Å². The molecule has 148 valence electrons. The first-order valence-corrected chi connectivity index (χ1v) is 10.0. The zero-order valence-corrected chi connectivity index (χ0v) is 19.3. The first-order chi connectivity index (χ1) is 11.5. The van der Waals surface area contributed by atoms with Crippen LogP contribution >= 0.6 is 24.0 Å². The van der Waals surface area contributed by atoms with Crippen molar-refractivity contribution in [1.82, 2.24) is 20.0 Å². The SMILES string of the molecule is CCNC(=NCC(C)N1CCN(CC)CC1)N1CC(C)CC(C)C1.I. The van der Waals surface area contributed by atoms with Crippen molar-refractivity contribution >= 4 is 29.9 Å². The lowest BCUT2D eigenvalue weighted by molar-refractivity contribution is 0.109. The quantitative estimate of drug-likeness (QED) is 0.385. The van der Waals surface area contributed by atoms with E-state index in [0.29, 0.717) is 6.04 Å². The number of guanidine groups is 1. The minimum atomic E-state index is 0. The predicted molar refractivity (Wildman–Crippen MR) is 119 cm³/mol. The normalized spacial score (nSPS) is 27.7. The fourth-order valence-corrected chi connectivity index (χ4v) is 4.12. The summed E-state index contributed by atoms with van der Waals surface area (Å²) >= 11 is 0. The molecule has 25 heavy (non-hydrogen) atoms. The molecule has 0 amide bonds. The smallest absolute Gasteiger partial charge is 0.193 e. The molecule has 0 spiro atoms. The molecule has 0 aromatic rings. The van der Waals surface area contributed by atoms with Crippen LogP contribution < -0.4 is 5.32 Å². The van der Waals surface area contributed by atoms with Gasteiger partial charge in [-0.1, -0.05) is 20.8 Å². The summed E-state index contributed by atoms with van der Waals surface area (Å²) in [5.41, 5.74) is 0. The number of likely N-dealkylation sites (N-methyl/N-ethyl adjacent to an activating group) is 1. The van der Waals surface area contributed by atoms with Gasteiger partial charge < -0.3 is 15.1 Å². The Balaban J connectivity index is 0.00000312. The van der Waals surface area contributed by atoms with E-state index in [1.54, 1.807) is 0 Å². The molecule has 2 saturated heterocycles. The molecule has 2 fully saturated rings. The van der Waals surface area contributed by atoms with Crippen molar-refractivity contribution in [3.63, 3.8) is 0 Å². The van der Waals surface area contributed by atoms with Crippen molar-refractivity contribution in [2.24, 2.45) is 16.8 Å². The van der Waals surface area contributed by atoms with Gasteiger partial charge in [-0.3, -0.25) is 9.89 Å². The number of likely N-dealkylation sites (tertiary alicyclic amines) is 1. The van der Waals surface area contributed by atoms with Crippen LogP contribution in [0.15, 0.2) is 4.99 Å². The number of nitrogens with one attached hydrogen (secondary N) is 1. The van der Waals surface area contributed by atoms with Crippen LogP contribution in [0, 0.1) is 11.8 Å². The van der Waals surface area contributed by atoms with Gasteiger partial charge in [-0.05, 0) is 38.6 Å². The van der Waals surface area contributed by atoms with Gasteiger partial charge in [0.05, 0.1) is 6.54 Å². The molecule has 6 heteroatoms. The van der Waals surface area contributed by atoms with Crippen molar-refractivity contribution < 1.29 is 0 Å². The third kappa shape index (κ3) is 7.21. The van der Waals surface area contributed by atoms with Gasteiger partial charge in [0.1, 0.15) is 0 Å². The van der Waals surface area contributed by atoms with E-state index in [4.69, 9.17) is 4.99 Å². The van der Waals surface area contributed by atoms with E-state index in [1.165, 1.54) is 39.1 Å². The molecule has 3 unspecified atom stereocenters. The molecule has 1 N–H and O–H groups in total. The molecule has 0 aliphatic carbocycles. The molecule has 0 aromatic carbocycles. The summed E-state index contributed by atoms with van der Waals surface area (Å²) in [5.74, 6) is 2.64. The van der Waals surface area contributed by atoms with E-state index >= 15 is 0 Å². The predicted octanol–water partition coefficient (Wildman–Crippen LogP) is 2.57. The lowest BCUT2D eigenvalue weighted by Crippen LogP contribution is -2.51. The lowest BCUT2D eigenvalue weighted by atomic mass is 9.92. The topological polar surface area (TPSA) is 34.1 Å². The van der Waals surface area contributed by atoms with E-state index in [1.807, 2.05) is 0 Å². The van der Waals surface area contributed by atoms with Crippen molar-refractivity contribution in [2.45, 2.75) is 47.1 Å². The zero-order chi connectivity index (χ0) is 17.5. The van der Waals surface area contributed by atoms with Crippen LogP contribution in [-0.2, 0) is 0 Å². The first kappa shape index (κ1) is 23.0. The minimum absolute atomic E-state index is 0. The van der Waals surface area contributed by atoms with Crippen LogP contribution in [-0.4, -0.2) is 85.6 Å². The second-order valence-electron chi connectivity index (χ2n) is 7.86. The summed E-state index contributed by atoms with van der Waals surface area (Å²) in [7, 11) is 0. The van der Waals surface area contributed by atoms with Gasteiger partial charge in [0.15, 0.2) is 5.96 Å². The Hall–Kier alpha value is -0.0800. The number of aliphatic imine (C=N–C) groups is 1. The Morgan fingerprint density at radius 3 is 2.20 bits per heavy atom. The number of hydrogen-bond donors (Lipinski definition) is 1. The van der Waals surface area contributed by atoms with Crippen molar-refractivity contribution in [2.75, 3.05) is 58.9 Å². The largest absolute Gasteiger partial charge is 0.357 e. The van der Waals surface area contributed by atoms with Gasteiger partial charge in [-0.2, -0.15) is 0 Å². The maximum atomic E-state index is 5.00. The molecule has 2 heterocycles. The molecule has 2 aliphatic heterocycles. The van der Waals surface area contributed by atoms with Gasteiger partial charge in [-0.15, -0.1) is 24.0 Å². The second-order valence-corrected chi connectivity index (χ2v) is 7.86. The van der Waals surface area contributed by atoms with E-state index in [9.17, 15) is 0 Å². The zero-order valence-electron chi connectivity index (χ0n) is 17.0. The highest BCUT2D eigenvalue weighted by molar-refractivity contribution is 14.0. The Bertz CT molecular complexity index is 385. The minimum Gasteiger partial charge on any atom is -0.357 e. The van der Waals surface area contributed by atoms with Gasteiger partial charge in [0.2, 0.25) is 0 Å². The average molecular weight is 465 g/mol. The van der Waals surface area contributed by atoms with Gasteiger partial charge in [0, 0.05) is 51.9 Å². The molecule has 3 atom stereocenters. The Morgan fingerprint density at radius 2 is 1.68 bits per heavy atom. The third-order valence-corrected chi connectivity index (χ3v) is 5.49. The number of piperidine rings is 1. The van der Waals surface area contributed by atoms with Crippen LogP contribution in [0.5, 0.6) is 0 Å². The molecule has 2 rings (SSSR count). The maximum Gasteiger partial charge on any atom is 0.193 e. The summed E-state index contributed by atoms with van der Waals surface area (Å²) in [5, 5.41) is 3.52.